The van der Waals surface area contributed by atoms with Gasteiger partial charge in [0.25, 0.3) is 0 Å². The lowest BCUT2D eigenvalue weighted by molar-refractivity contribution is -0.136. The van der Waals surface area contributed by atoms with Crippen LogP contribution in [-0.4, -0.2) is 12.6 Å². The average molecular weight is 444 g/mol. The number of halogens is 1. The van der Waals surface area contributed by atoms with Crippen LogP contribution in [0.4, 0.5) is 4.39 Å². The van der Waals surface area contributed by atoms with Gasteiger partial charge in [-0.2, -0.15) is 5.26 Å². The first kappa shape index (κ1) is 21.9. The Labute approximate surface area is 190 Å². The van der Waals surface area contributed by atoms with Crippen LogP contribution in [0.5, 0.6) is 17.2 Å². The molecule has 0 aliphatic carbocycles. The second-order valence-corrected chi connectivity index (χ2v) is 7.64. The maximum absolute atomic E-state index is 13.4. The van der Waals surface area contributed by atoms with Gasteiger partial charge in [0.05, 0.1) is 5.92 Å². The first-order chi connectivity index (χ1) is 15.9. The van der Waals surface area contributed by atoms with Crippen molar-refractivity contribution < 1.29 is 23.4 Å². The molecule has 0 saturated carbocycles. The Kier molecular flexibility index (Phi) is 6.01. The zero-order valence-corrected chi connectivity index (χ0v) is 18.1. The van der Waals surface area contributed by atoms with Gasteiger partial charge in [-0.05, 0) is 54.8 Å². The molecule has 7 heteroatoms. The largest absolute Gasteiger partial charge is 0.482 e. The minimum Gasteiger partial charge on any atom is -0.482 e. The summed E-state index contributed by atoms with van der Waals surface area (Å²) in [6, 6.07) is 18.4. The predicted molar refractivity (Wildman–Crippen MR) is 119 cm³/mol. The van der Waals surface area contributed by atoms with Gasteiger partial charge in [-0.1, -0.05) is 30.3 Å². The van der Waals surface area contributed by atoms with Crippen molar-refractivity contribution in [2.75, 3.05) is 6.61 Å². The van der Waals surface area contributed by atoms with E-state index >= 15 is 0 Å². The quantitative estimate of drug-likeness (QED) is 0.455. The molecule has 2 N–H and O–H groups in total. The summed E-state index contributed by atoms with van der Waals surface area (Å²) in [5.74, 6) is -0.339. The number of nitriles is 1. The normalized spacial score (nSPS) is 14.7. The zero-order valence-electron chi connectivity index (χ0n) is 18.1. The molecule has 0 amide bonds. The monoisotopic (exact) mass is 444 g/mol. The lowest BCUT2D eigenvalue weighted by Gasteiger charge is -2.26. The predicted octanol–water partition coefficient (Wildman–Crippen LogP) is 4.65. The van der Waals surface area contributed by atoms with E-state index in [1.807, 2.05) is 26.0 Å². The second kappa shape index (κ2) is 9.05. The van der Waals surface area contributed by atoms with Crippen molar-refractivity contribution in [3.05, 3.63) is 100 Å². The highest BCUT2D eigenvalue weighted by atomic mass is 19.1. The van der Waals surface area contributed by atoms with Crippen LogP contribution in [0.1, 0.15) is 28.2 Å². The van der Waals surface area contributed by atoms with Crippen LogP contribution in [0.3, 0.4) is 0 Å². The Hall–Kier alpha value is -4.31. The first-order valence-corrected chi connectivity index (χ1v) is 10.2. The molecular formula is C26H21FN2O4. The van der Waals surface area contributed by atoms with Gasteiger partial charge in [-0.25, -0.2) is 9.18 Å². The van der Waals surface area contributed by atoms with Crippen LogP contribution in [0, 0.1) is 31.0 Å². The SMILES string of the molecule is Cc1cccc(OCC(=O)Oc2ccc3c(c2)OC(N)=C(C#N)C3c2ccc(F)cc2)c1C. The van der Waals surface area contributed by atoms with Gasteiger partial charge in [0.15, 0.2) is 6.61 Å². The number of rotatable bonds is 5. The van der Waals surface area contributed by atoms with Gasteiger partial charge in [0.2, 0.25) is 5.88 Å². The fourth-order valence-corrected chi connectivity index (χ4v) is 3.68. The third-order valence-corrected chi connectivity index (χ3v) is 5.53. The van der Waals surface area contributed by atoms with E-state index in [0.717, 1.165) is 11.1 Å². The Morgan fingerprint density at radius 2 is 1.91 bits per heavy atom. The van der Waals surface area contributed by atoms with E-state index in [4.69, 9.17) is 19.9 Å². The fraction of sp³-hybridized carbons (Fsp3) is 0.154. The summed E-state index contributed by atoms with van der Waals surface area (Å²) >= 11 is 0. The standard InChI is InChI=1S/C26H21FN2O4/c1-15-4-3-5-22(16(15)2)31-14-24(30)32-19-10-11-20-23(12-19)33-26(29)21(13-28)25(20)17-6-8-18(27)9-7-17/h3-12,25H,14,29H2,1-2H3. The van der Waals surface area contributed by atoms with Crippen molar-refractivity contribution in [1.29, 1.82) is 5.26 Å². The zero-order chi connectivity index (χ0) is 23.5. The number of hydrogen-bond donors (Lipinski definition) is 1. The van der Waals surface area contributed by atoms with Crippen molar-refractivity contribution in [2.45, 2.75) is 19.8 Å². The number of aryl methyl sites for hydroxylation is 1. The molecular weight excluding hydrogens is 423 g/mol. The third-order valence-electron chi connectivity index (χ3n) is 5.53. The van der Waals surface area contributed by atoms with Crippen LogP contribution < -0.4 is 19.9 Å². The highest BCUT2D eigenvalue weighted by molar-refractivity contribution is 5.74. The Morgan fingerprint density at radius 3 is 2.64 bits per heavy atom. The summed E-state index contributed by atoms with van der Waals surface area (Å²) in [5, 5.41) is 9.61. The summed E-state index contributed by atoms with van der Waals surface area (Å²) in [4.78, 5) is 12.3. The Balaban J connectivity index is 1.54. The molecule has 0 spiro atoms. The second-order valence-electron chi connectivity index (χ2n) is 7.64. The number of esters is 1. The summed E-state index contributed by atoms with van der Waals surface area (Å²) in [5.41, 5.74) is 9.56. The molecule has 0 saturated heterocycles. The van der Waals surface area contributed by atoms with Crippen molar-refractivity contribution in [2.24, 2.45) is 5.73 Å². The van der Waals surface area contributed by atoms with E-state index in [1.54, 1.807) is 30.3 Å². The highest BCUT2D eigenvalue weighted by Gasteiger charge is 2.31. The molecule has 4 rings (SSSR count). The molecule has 3 aromatic rings. The maximum Gasteiger partial charge on any atom is 0.349 e. The van der Waals surface area contributed by atoms with E-state index in [2.05, 4.69) is 6.07 Å². The topological polar surface area (TPSA) is 94.6 Å². The number of carbonyl (C=O) groups is 1. The number of ether oxygens (including phenoxy) is 3. The molecule has 0 fully saturated rings. The molecule has 6 nitrogen and oxygen atoms in total. The van der Waals surface area contributed by atoms with Gasteiger partial charge in [0, 0.05) is 11.6 Å². The number of hydrogen-bond acceptors (Lipinski definition) is 6. The van der Waals surface area contributed by atoms with Crippen LogP contribution in [0.15, 0.2) is 72.1 Å². The minimum atomic E-state index is -0.581. The van der Waals surface area contributed by atoms with Crippen LogP contribution >= 0.6 is 0 Å². The number of allylic oxidation sites excluding steroid dienone is 1. The van der Waals surface area contributed by atoms with Crippen molar-refractivity contribution in [3.8, 4) is 23.3 Å². The summed E-state index contributed by atoms with van der Waals surface area (Å²) < 4.78 is 30.0. The summed E-state index contributed by atoms with van der Waals surface area (Å²) in [6.45, 7) is 3.62. The lowest BCUT2D eigenvalue weighted by Crippen LogP contribution is -2.21. The number of fused-ring (bicyclic) bond motifs is 1. The van der Waals surface area contributed by atoms with Gasteiger partial charge in [-0.15, -0.1) is 0 Å². The van der Waals surface area contributed by atoms with Crippen molar-refractivity contribution >= 4 is 5.97 Å². The molecule has 0 aromatic heterocycles. The molecule has 0 radical (unpaired) electrons. The summed E-state index contributed by atoms with van der Waals surface area (Å²) in [6.07, 6.45) is 0. The molecule has 1 atom stereocenters. The third kappa shape index (κ3) is 4.51. The number of nitrogens with two attached hydrogens (primary N) is 1. The molecule has 1 aliphatic heterocycles. The summed E-state index contributed by atoms with van der Waals surface area (Å²) in [7, 11) is 0. The molecule has 33 heavy (non-hydrogen) atoms. The van der Waals surface area contributed by atoms with E-state index in [0.29, 0.717) is 22.6 Å². The van der Waals surface area contributed by atoms with Gasteiger partial charge < -0.3 is 19.9 Å². The van der Waals surface area contributed by atoms with E-state index in [1.165, 1.54) is 18.2 Å². The van der Waals surface area contributed by atoms with Crippen LogP contribution in [-0.2, 0) is 4.79 Å². The van der Waals surface area contributed by atoms with Gasteiger partial charge in [-0.3, -0.25) is 0 Å². The number of carbonyl (C=O) groups excluding carboxylic acids is 1. The molecule has 0 bridgehead atoms. The Bertz CT molecular complexity index is 1290. The van der Waals surface area contributed by atoms with E-state index in [-0.39, 0.29) is 29.6 Å². The van der Waals surface area contributed by atoms with E-state index < -0.39 is 11.9 Å². The fourth-order valence-electron chi connectivity index (χ4n) is 3.68. The van der Waals surface area contributed by atoms with E-state index in [9.17, 15) is 14.4 Å². The Morgan fingerprint density at radius 1 is 1.15 bits per heavy atom. The highest BCUT2D eigenvalue weighted by Crippen LogP contribution is 2.43. The van der Waals surface area contributed by atoms with Gasteiger partial charge >= 0.3 is 5.97 Å². The van der Waals surface area contributed by atoms with Crippen molar-refractivity contribution in [3.63, 3.8) is 0 Å². The van der Waals surface area contributed by atoms with Crippen molar-refractivity contribution in [1.82, 2.24) is 0 Å². The average Bonchev–Trinajstić information content (AvgIpc) is 2.79. The van der Waals surface area contributed by atoms with Crippen LogP contribution in [0.25, 0.3) is 0 Å². The van der Waals surface area contributed by atoms with Gasteiger partial charge in [0.1, 0.15) is 34.7 Å². The maximum atomic E-state index is 13.4. The molecule has 3 aromatic carbocycles. The lowest BCUT2D eigenvalue weighted by atomic mass is 9.83. The molecule has 1 heterocycles. The first-order valence-electron chi connectivity index (χ1n) is 10.2. The number of benzene rings is 3. The number of nitrogens with zero attached hydrogens (tertiary/aromatic N) is 1. The smallest absolute Gasteiger partial charge is 0.349 e. The molecule has 1 aliphatic rings. The molecule has 166 valence electrons. The van der Waals surface area contributed by atoms with Crippen LogP contribution in [0.2, 0.25) is 0 Å². The minimum absolute atomic E-state index is 0.0546. The molecule has 1 unspecified atom stereocenters.